The number of anilines is 1. The van der Waals surface area contributed by atoms with Crippen molar-refractivity contribution in [1.29, 1.82) is 0 Å². The molecule has 4 aromatic rings. The van der Waals surface area contributed by atoms with Crippen molar-refractivity contribution >= 4 is 39.1 Å². The van der Waals surface area contributed by atoms with Crippen molar-refractivity contribution in [3.05, 3.63) is 130 Å². The number of nitrogens with zero attached hydrogens (tertiary/aromatic N) is 2. The highest BCUT2D eigenvalue weighted by atomic mass is 35.5. The number of benzene rings is 4. The van der Waals surface area contributed by atoms with Crippen LogP contribution in [0.25, 0.3) is 0 Å². The summed E-state index contributed by atoms with van der Waals surface area (Å²) in [5.41, 5.74) is 3.70. The van der Waals surface area contributed by atoms with E-state index in [1.54, 1.807) is 60.7 Å². The molecule has 4 aromatic carbocycles. The fourth-order valence-electron chi connectivity index (χ4n) is 4.98. The molecule has 0 radical (unpaired) electrons. The third kappa shape index (κ3) is 8.96. The maximum absolute atomic E-state index is 14.5. The molecule has 0 aliphatic heterocycles. The van der Waals surface area contributed by atoms with Crippen molar-refractivity contribution in [3.63, 3.8) is 0 Å². The summed E-state index contributed by atoms with van der Waals surface area (Å²) in [5.74, 6) is -0.834. The van der Waals surface area contributed by atoms with Gasteiger partial charge in [0.2, 0.25) is 11.8 Å². The van der Waals surface area contributed by atoms with Crippen LogP contribution in [0.15, 0.2) is 108 Å². The number of halogens is 1. The minimum atomic E-state index is -4.16. The molecule has 236 valence electrons. The van der Waals surface area contributed by atoms with E-state index in [1.165, 1.54) is 4.90 Å². The Morgan fingerprint density at radius 3 is 2.13 bits per heavy atom. The molecule has 0 saturated carbocycles. The molecule has 1 N–H and O–H groups in total. The lowest BCUT2D eigenvalue weighted by Crippen LogP contribution is -2.54. The van der Waals surface area contributed by atoms with Gasteiger partial charge in [-0.1, -0.05) is 90.8 Å². The third-order valence-corrected chi connectivity index (χ3v) is 9.71. The monoisotopic (exact) mass is 645 g/mol. The first-order chi connectivity index (χ1) is 21.5. The number of hydrogen-bond donors (Lipinski definition) is 1. The van der Waals surface area contributed by atoms with Gasteiger partial charge < -0.3 is 10.2 Å². The van der Waals surface area contributed by atoms with E-state index in [2.05, 4.69) is 5.32 Å². The predicted molar refractivity (Wildman–Crippen MR) is 181 cm³/mol. The highest BCUT2D eigenvalue weighted by Crippen LogP contribution is 2.26. The van der Waals surface area contributed by atoms with Gasteiger partial charge in [0.15, 0.2) is 0 Å². The van der Waals surface area contributed by atoms with Crippen LogP contribution >= 0.6 is 11.6 Å². The number of aryl methyl sites for hydroxylation is 2. The molecule has 0 aliphatic rings. The van der Waals surface area contributed by atoms with E-state index in [9.17, 15) is 18.0 Å². The fraction of sp³-hybridized carbons (Fsp3) is 0.278. The quantitative estimate of drug-likeness (QED) is 0.175. The number of hydrogen-bond acceptors (Lipinski definition) is 4. The van der Waals surface area contributed by atoms with E-state index in [-0.39, 0.29) is 29.8 Å². The summed E-state index contributed by atoms with van der Waals surface area (Å²) in [4.78, 5) is 30.0. The molecular weight excluding hydrogens is 606 g/mol. The van der Waals surface area contributed by atoms with E-state index in [1.807, 2.05) is 70.2 Å². The molecule has 7 nitrogen and oxygen atoms in total. The maximum atomic E-state index is 14.5. The number of amides is 2. The van der Waals surface area contributed by atoms with Crippen molar-refractivity contribution in [2.45, 2.75) is 64.1 Å². The Bertz CT molecular complexity index is 1710. The summed E-state index contributed by atoms with van der Waals surface area (Å²) >= 11 is 6.32. The van der Waals surface area contributed by atoms with Crippen LogP contribution in [0.3, 0.4) is 0 Å². The van der Waals surface area contributed by atoms with Crippen molar-refractivity contribution in [1.82, 2.24) is 10.2 Å². The van der Waals surface area contributed by atoms with Crippen LogP contribution in [0, 0.1) is 13.8 Å². The second-order valence-corrected chi connectivity index (χ2v) is 13.6. The van der Waals surface area contributed by atoms with Crippen molar-refractivity contribution < 1.29 is 18.0 Å². The molecule has 0 heterocycles. The lowest BCUT2D eigenvalue weighted by Gasteiger charge is -2.34. The number of carbonyl (C=O) groups excluding carboxylic acids is 2. The first-order valence-corrected chi connectivity index (χ1v) is 16.8. The van der Waals surface area contributed by atoms with Gasteiger partial charge >= 0.3 is 0 Å². The Balaban J connectivity index is 1.81. The second kappa shape index (κ2) is 15.2. The zero-order valence-electron chi connectivity index (χ0n) is 26.1. The SMILES string of the molecule is CC[C@@H](C)NC(=O)[C@H](Cc1ccccc1)N(Cc1cccc(Cl)c1)C(=O)CN(c1cccc(C)c1)S(=O)(=O)c1ccc(C)cc1. The number of rotatable bonds is 13. The van der Waals surface area contributed by atoms with Crippen LogP contribution in [0.2, 0.25) is 5.02 Å². The molecule has 0 spiro atoms. The standard InChI is InChI=1S/C36H40ClN3O4S/c1-5-28(4)38-36(42)34(23-29-12-7-6-8-13-29)39(24-30-14-10-15-31(37)22-30)35(41)25-40(32-16-9-11-27(3)21-32)45(43,44)33-19-17-26(2)18-20-33/h6-22,28,34H,5,23-25H2,1-4H3,(H,38,42)/t28-,34+/m1/s1. The van der Waals surface area contributed by atoms with Gasteiger partial charge in [0.05, 0.1) is 10.6 Å². The van der Waals surface area contributed by atoms with Crippen LogP contribution in [0.1, 0.15) is 42.5 Å². The Labute approximate surface area is 271 Å². The third-order valence-electron chi connectivity index (χ3n) is 7.69. The first kappa shape index (κ1) is 33.7. The number of sulfonamides is 1. The molecule has 0 unspecified atom stereocenters. The molecule has 0 bridgehead atoms. The highest BCUT2D eigenvalue weighted by Gasteiger charge is 2.35. The topological polar surface area (TPSA) is 86.8 Å². The number of nitrogens with one attached hydrogen (secondary N) is 1. The Kier molecular flexibility index (Phi) is 11.4. The van der Waals surface area contributed by atoms with Crippen LogP contribution in [0.4, 0.5) is 5.69 Å². The summed E-state index contributed by atoms with van der Waals surface area (Å²) in [5, 5.41) is 3.54. The molecule has 45 heavy (non-hydrogen) atoms. The van der Waals surface area contributed by atoms with E-state index < -0.39 is 28.5 Å². The van der Waals surface area contributed by atoms with Gasteiger partial charge in [-0.05, 0) is 80.3 Å². The van der Waals surface area contributed by atoms with Gasteiger partial charge in [0.1, 0.15) is 12.6 Å². The molecular formula is C36H40ClN3O4S. The van der Waals surface area contributed by atoms with Crippen LogP contribution < -0.4 is 9.62 Å². The lowest BCUT2D eigenvalue weighted by molar-refractivity contribution is -0.140. The van der Waals surface area contributed by atoms with E-state index in [4.69, 9.17) is 11.6 Å². The van der Waals surface area contributed by atoms with Gasteiger partial charge in [0.25, 0.3) is 10.0 Å². The molecule has 2 amide bonds. The minimum absolute atomic E-state index is 0.0526. The normalized spacial score (nSPS) is 12.6. The van der Waals surface area contributed by atoms with Gasteiger partial charge in [-0.2, -0.15) is 0 Å². The van der Waals surface area contributed by atoms with E-state index in [0.717, 1.165) is 21.0 Å². The Hall–Kier alpha value is -4.14. The average Bonchev–Trinajstić information content (AvgIpc) is 3.02. The van der Waals surface area contributed by atoms with Gasteiger partial charge in [-0.15, -0.1) is 0 Å². The summed E-state index contributed by atoms with van der Waals surface area (Å²) in [6.07, 6.45) is 0.951. The van der Waals surface area contributed by atoms with Gasteiger partial charge in [-0.3, -0.25) is 13.9 Å². The zero-order chi connectivity index (χ0) is 32.6. The summed E-state index contributed by atoms with van der Waals surface area (Å²) in [7, 11) is -4.16. The summed E-state index contributed by atoms with van der Waals surface area (Å²) < 4.78 is 29.4. The number of carbonyl (C=O) groups is 2. The molecule has 0 aromatic heterocycles. The summed E-state index contributed by atoms with van der Waals surface area (Å²) in [6, 6.07) is 29.1. The first-order valence-electron chi connectivity index (χ1n) is 15.0. The molecule has 4 rings (SSSR count). The lowest BCUT2D eigenvalue weighted by atomic mass is 10.0. The van der Waals surface area contributed by atoms with E-state index in [0.29, 0.717) is 22.7 Å². The molecule has 2 atom stereocenters. The van der Waals surface area contributed by atoms with Crippen molar-refractivity contribution in [2.75, 3.05) is 10.8 Å². The van der Waals surface area contributed by atoms with Crippen LogP contribution in [-0.4, -0.2) is 43.8 Å². The average molecular weight is 646 g/mol. The largest absolute Gasteiger partial charge is 0.352 e. The molecule has 0 saturated heterocycles. The zero-order valence-corrected chi connectivity index (χ0v) is 27.7. The smallest absolute Gasteiger partial charge is 0.264 e. The van der Waals surface area contributed by atoms with Crippen molar-refractivity contribution in [2.24, 2.45) is 0 Å². The summed E-state index contributed by atoms with van der Waals surface area (Å²) in [6.45, 7) is 7.17. The Morgan fingerprint density at radius 1 is 0.822 bits per heavy atom. The molecule has 9 heteroatoms. The fourth-order valence-corrected chi connectivity index (χ4v) is 6.60. The molecule has 0 aliphatic carbocycles. The highest BCUT2D eigenvalue weighted by molar-refractivity contribution is 7.92. The van der Waals surface area contributed by atoms with E-state index >= 15 is 0 Å². The van der Waals surface area contributed by atoms with Crippen LogP contribution in [-0.2, 0) is 32.6 Å². The Morgan fingerprint density at radius 2 is 1.49 bits per heavy atom. The second-order valence-electron chi connectivity index (χ2n) is 11.3. The maximum Gasteiger partial charge on any atom is 0.264 e. The minimum Gasteiger partial charge on any atom is -0.352 e. The van der Waals surface area contributed by atoms with Crippen LogP contribution in [0.5, 0.6) is 0 Å². The predicted octanol–water partition coefficient (Wildman–Crippen LogP) is 6.71. The van der Waals surface area contributed by atoms with Crippen molar-refractivity contribution in [3.8, 4) is 0 Å². The van der Waals surface area contributed by atoms with Gasteiger partial charge in [0, 0.05) is 24.0 Å². The van der Waals surface area contributed by atoms with Gasteiger partial charge in [-0.25, -0.2) is 8.42 Å². The molecule has 0 fully saturated rings.